The van der Waals surface area contributed by atoms with Gasteiger partial charge >= 0.3 is 0 Å². The van der Waals surface area contributed by atoms with Crippen LogP contribution in [0, 0.1) is 5.82 Å². The molecule has 5 nitrogen and oxygen atoms in total. The van der Waals surface area contributed by atoms with Crippen LogP contribution in [-0.4, -0.2) is 54.4 Å². The summed E-state index contributed by atoms with van der Waals surface area (Å²) in [6.45, 7) is 4.45. The molecule has 2 amide bonds. The van der Waals surface area contributed by atoms with E-state index in [4.69, 9.17) is 4.74 Å². The number of rotatable bonds is 5. The zero-order valence-corrected chi connectivity index (χ0v) is 15.4. The van der Waals surface area contributed by atoms with Crippen molar-refractivity contribution in [3.63, 3.8) is 0 Å². The minimum Gasteiger partial charge on any atom is -0.494 e. The minimum atomic E-state index is -0.430. The number of hydrogen-bond donors (Lipinski definition) is 0. The monoisotopic (exact) mass is 370 g/mol. The lowest BCUT2D eigenvalue weighted by Crippen LogP contribution is -2.50. The number of amides is 2. The zero-order chi connectivity index (χ0) is 19.2. The fourth-order valence-corrected chi connectivity index (χ4v) is 3.01. The summed E-state index contributed by atoms with van der Waals surface area (Å²) >= 11 is 0. The van der Waals surface area contributed by atoms with Crippen molar-refractivity contribution >= 4 is 11.8 Å². The van der Waals surface area contributed by atoms with Gasteiger partial charge in [0.05, 0.1) is 6.61 Å². The van der Waals surface area contributed by atoms with Crippen molar-refractivity contribution in [1.82, 2.24) is 9.80 Å². The predicted octanol–water partition coefficient (Wildman–Crippen LogP) is 3.21. The van der Waals surface area contributed by atoms with E-state index in [0.717, 1.165) is 12.2 Å². The molecule has 6 heteroatoms. The fraction of sp³-hybridized carbons (Fsp3) is 0.333. The number of carbonyl (C=O) groups excluding carboxylic acids is 2. The molecule has 27 heavy (non-hydrogen) atoms. The first-order valence-corrected chi connectivity index (χ1v) is 9.15. The molecule has 1 heterocycles. The second kappa shape index (κ2) is 8.66. The van der Waals surface area contributed by atoms with Crippen LogP contribution in [0.25, 0.3) is 0 Å². The van der Waals surface area contributed by atoms with Crippen molar-refractivity contribution in [1.29, 1.82) is 0 Å². The molecule has 0 saturated carbocycles. The molecule has 0 aromatic heterocycles. The maximum Gasteiger partial charge on any atom is 0.254 e. The Kier molecular flexibility index (Phi) is 6.06. The fourth-order valence-electron chi connectivity index (χ4n) is 3.01. The molecule has 2 aromatic carbocycles. The first kappa shape index (κ1) is 18.9. The SMILES string of the molecule is CCCOc1ccc(C(=O)N2CCN(C(=O)c3cccc(F)c3)CC2)cc1. The molecule has 3 rings (SSSR count). The van der Waals surface area contributed by atoms with Gasteiger partial charge in [-0.1, -0.05) is 13.0 Å². The molecule has 0 unspecified atom stereocenters. The molecule has 0 aliphatic carbocycles. The Morgan fingerprint density at radius 2 is 1.52 bits per heavy atom. The van der Waals surface area contributed by atoms with Gasteiger partial charge in [0, 0.05) is 37.3 Å². The van der Waals surface area contributed by atoms with E-state index in [0.29, 0.717) is 43.9 Å². The van der Waals surface area contributed by atoms with E-state index in [-0.39, 0.29) is 11.8 Å². The lowest BCUT2D eigenvalue weighted by Gasteiger charge is -2.35. The Morgan fingerprint density at radius 1 is 0.926 bits per heavy atom. The van der Waals surface area contributed by atoms with Crippen molar-refractivity contribution in [2.75, 3.05) is 32.8 Å². The summed E-state index contributed by atoms with van der Waals surface area (Å²) in [6.07, 6.45) is 0.930. The smallest absolute Gasteiger partial charge is 0.254 e. The highest BCUT2D eigenvalue weighted by Gasteiger charge is 2.25. The van der Waals surface area contributed by atoms with Crippen molar-refractivity contribution in [2.24, 2.45) is 0 Å². The normalized spacial score (nSPS) is 14.1. The first-order chi connectivity index (χ1) is 13.1. The van der Waals surface area contributed by atoms with Gasteiger partial charge in [0.15, 0.2) is 0 Å². The van der Waals surface area contributed by atoms with Crippen LogP contribution in [0.4, 0.5) is 4.39 Å². The van der Waals surface area contributed by atoms with Crippen molar-refractivity contribution in [2.45, 2.75) is 13.3 Å². The van der Waals surface area contributed by atoms with E-state index in [1.165, 1.54) is 18.2 Å². The molecule has 0 atom stereocenters. The van der Waals surface area contributed by atoms with Crippen LogP contribution in [0.3, 0.4) is 0 Å². The molecule has 2 aromatic rings. The van der Waals surface area contributed by atoms with Crippen LogP contribution in [0.15, 0.2) is 48.5 Å². The molecule has 0 radical (unpaired) electrons. The zero-order valence-electron chi connectivity index (χ0n) is 15.4. The quantitative estimate of drug-likeness (QED) is 0.812. The van der Waals surface area contributed by atoms with Gasteiger partial charge in [-0.05, 0) is 48.9 Å². The summed E-state index contributed by atoms with van der Waals surface area (Å²) < 4.78 is 18.8. The topological polar surface area (TPSA) is 49.9 Å². The van der Waals surface area contributed by atoms with Crippen molar-refractivity contribution < 1.29 is 18.7 Å². The van der Waals surface area contributed by atoms with Gasteiger partial charge in [0.2, 0.25) is 0 Å². The highest BCUT2D eigenvalue weighted by atomic mass is 19.1. The Hall–Kier alpha value is -2.89. The van der Waals surface area contributed by atoms with E-state index in [1.807, 2.05) is 6.92 Å². The van der Waals surface area contributed by atoms with Crippen LogP contribution >= 0.6 is 0 Å². The van der Waals surface area contributed by atoms with Gasteiger partial charge in [0.1, 0.15) is 11.6 Å². The molecule has 1 aliphatic rings. The molecular weight excluding hydrogens is 347 g/mol. The lowest BCUT2D eigenvalue weighted by molar-refractivity contribution is 0.0535. The predicted molar refractivity (Wildman–Crippen MR) is 100 cm³/mol. The molecule has 1 saturated heterocycles. The highest BCUT2D eigenvalue weighted by Crippen LogP contribution is 2.16. The number of hydrogen-bond acceptors (Lipinski definition) is 3. The Labute approximate surface area is 158 Å². The maximum absolute atomic E-state index is 13.3. The number of ether oxygens (including phenoxy) is 1. The third-order valence-corrected chi connectivity index (χ3v) is 4.50. The molecule has 1 fully saturated rings. The number of nitrogens with zero attached hydrogens (tertiary/aromatic N) is 2. The summed E-state index contributed by atoms with van der Waals surface area (Å²) in [5.74, 6) is 0.0499. The Bertz CT molecular complexity index is 799. The van der Waals surface area contributed by atoms with Gasteiger partial charge in [0.25, 0.3) is 11.8 Å². The molecule has 142 valence electrons. The van der Waals surface area contributed by atoms with E-state index >= 15 is 0 Å². The summed E-state index contributed by atoms with van der Waals surface area (Å²) in [5.41, 5.74) is 0.932. The molecule has 0 spiro atoms. The van der Waals surface area contributed by atoms with Crippen LogP contribution in [-0.2, 0) is 0 Å². The number of halogens is 1. The Balaban J connectivity index is 1.57. The van der Waals surface area contributed by atoms with E-state index in [2.05, 4.69) is 0 Å². The van der Waals surface area contributed by atoms with Gasteiger partial charge in [-0.2, -0.15) is 0 Å². The van der Waals surface area contributed by atoms with Crippen molar-refractivity contribution in [3.05, 3.63) is 65.5 Å². The average Bonchev–Trinajstić information content (AvgIpc) is 2.71. The lowest BCUT2D eigenvalue weighted by atomic mass is 10.1. The third kappa shape index (κ3) is 4.64. The van der Waals surface area contributed by atoms with Crippen LogP contribution in [0.1, 0.15) is 34.1 Å². The summed E-state index contributed by atoms with van der Waals surface area (Å²) in [4.78, 5) is 28.5. The second-order valence-electron chi connectivity index (χ2n) is 6.47. The van der Waals surface area contributed by atoms with E-state index in [9.17, 15) is 14.0 Å². The Morgan fingerprint density at radius 3 is 2.07 bits per heavy atom. The van der Waals surface area contributed by atoms with Crippen LogP contribution in [0.2, 0.25) is 0 Å². The van der Waals surface area contributed by atoms with Crippen LogP contribution in [0.5, 0.6) is 5.75 Å². The van der Waals surface area contributed by atoms with Crippen molar-refractivity contribution in [3.8, 4) is 5.75 Å². The highest BCUT2D eigenvalue weighted by molar-refractivity contribution is 5.96. The van der Waals surface area contributed by atoms with E-state index in [1.54, 1.807) is 40.1 Å². The van der Waals surface area contributed by atoms with Gasteiger partial charge < -0.3 is 14.5 Å². The largest absolute Gasteiger partial charge is 0.494 e. The minimum absolute atomic E-state index is 0.0603. The molecule has 1 aliphatic heterocycles. The van der Waals surface area contributed by atoms with Gasteiger partial charge in [-0.25, -0.2) is 4.39 Å². The summed E-state index contributed by atoms with van der Waals surface area (Å²) in [7, 11) is 0. The summed E-state index contributed by atoms with van der Waals surface area (Å²) in [6, 6.07) is 12.8. The second-order valence-corrected chi connectivity index (χ2v) is 6.47. The standard InChI is InChI=1S/C21H23FN2O3/c1-2-14-27-19-8-6-16(7-9-19)20(25)23-10-12-24(13-11-23)21(26)17-4-3-5-18(22)15-17/h3-9,15H,2,10-14H2,1H3. The molecule has 0 bridgehead atoms. The number of benzene rings is 2. The van der Waals surface area contributed by atoms with Crippen LogP contribution < -0.4 is 4.74 Å². The van der Waals surface area contributed by atoms with Gasteiger partial charge in [-0.3, -0.25) is 9.59 Å². The first-order valence-electron chi connectivity index (χ1n) is 9.15. The number of carbonyl (C=O) groups is 2. The van der Waals surface area contributed by atoms with E-state index < -0.39 is 5.82 Å². The third-order valence-electron chi connectivity index (χ3n) is 4.50. The summed E-state index contributed by atoms with van der Waals surface area (Å²) in [5, 5.41) is 0. The average molecular weight is 370 g/mol. The number of piperazine rings is 1. The molecule has 0 N–H and O–H groups in total. The maximum atomic E-state index is 13.3. The molecular formula is C21H23FN2O3. The van der Waals surface area contributed by atoms with Gasteiger partial charge in [-0.15, -0.1) is 0 Å².